The molecule has 0 bridgehead atoms. The van der Waals surface area contributed by atoms with Crippen molar-refractivity contribution >= 4 is 33.5 Å². The van der Waals surface area contributed by atoms with Crippen molar-refractivity contribution in [2.75, 3.05) is 24.5 Å². The standard InChI is InChI=1S/C25H29N5O2/c1-3-29(19-8-5-4-6-9-19)14-7-13-26-22(31)12-15-30-17-27-23-20-16-18(2)10-11-21(20)28-24(23)25(30)32/h4-6,8-11,16-17,28H,3,7,12-15H2,1-2H3,(H,26,31). The number of nitrogens with zero attached hydrogens (tertiary/aromatic N) is 3. The van der Waals surface area contributed by atoms with Crippen LogP contribution in [0.4, 0.5) is 5.69 Å². The maximum absolute atomic E-state index is 12.9. The summed E-state index contributed by atoms with van der Waals surface area (Å²) in [6, 6.07) is 16.2. The molecule has 0 unspecified atom stereocenters. The number of aromatic amines is 1. The van der Waals surface area contributed by atoms with E-state index in [1.54, 1.807) is 0 Å². The fraction of sp³-hybridized carbons (Fsp3) is 0.320. The lowest BCUT2D eigenvalue weighted by molar-refractivity contribution is -0.121. The summed E-state index contributed by atoms with van der Waals surface area (Å²) in [7, 11) is 0. The van der Waals surface area contributed by atoms with E-state index in [4.69, 9.17) is 0 Å². The molecule has 2 N–H and O–H groups in total. The first-order valence-electron chi connectivity index (χ1n) is 11.1. The van der Waals surface area contributed by atoms with Gasteiger partial charge in [-0.2, -0.15) is 0 Å². The Morgan fingerprint density at radius 3 is 2.78 bits per heavy atom. The van der Waals surface area contributed by atoms with Gasteiger partial charge in [-0.25, -0.2) is 4.98 Å². The Bertz CT molecular complexity index is 1280. The molecule has 0 fully saturated rings. The Morgan fingerprint density at radius 1 is 1.19 bits per heavy atom. The molecule has 0 spiro atoms. The van der Waals surface area contributed by atoms with Crippen molar-refractivity contribution < 1.29 is 4.79 Å². The molecule has 7 nitrogen and oxygen atoms in total. The van der Waals surface area contributed by atoms with Gasteiger partial charge in [0, 0.05) is 49.2 Å². The van der Waals surface area contributed by atoms with E-state index in [-0.39, 0.29) is 17.9 Å². The number of aromatic nitrogens is 3. The lowest BCUT2D eigenvalue weighted by Gasteiger charge is -2.23. The minimum atomic E-state index is -0.155. The minimum absolute atomic E-state index is 0.0629. The van der Waals surface area contributed by atoms with Gasteiger partial charge in [-0.15, -0.1) is 0 Å². The van der Waals surface area contributed by atoms with Crippen molar-refractivity contribution in [3.05, 3.63) is 70.8 Å². The van der Waals surface area contributed by atoms with Crippen LogP contribution in [0.15, 0.2) is 59.7 Å². The van der Waals surface area contributed by atoms with Crippen LogP contribution in [0.1, 0.15) is 25.3 Å². The molecule has 0 saturated heterocycles. The average molecular weight is 432 g/mol. The van der Waals surface area contributed by atoms with Crippen molar-refractivity contribution in [1.82, 2.24) is 19.9 Å². The Balaban J connectivity index is 1.30. The maximum atomic E-state index is 12.9. The largest absolute Gasteiger partial charge is 0.372 e. The van der Waals surface area contributed by atoms with Gasteiger partial charge in [0.15, 0.2) is 0 Å². The second-order valence-electron chi connectivity index (χ2n) is 8.01. The van der Waals surface area contributed by atoms with Gasteiger partial charge >= 0.3 is 0 Å². The molecule has 166 valence electrons. The summed E-state index contributed by atoms with van der Waals surface area (Å²) in [6.45, 7) is 6.84. The van der Waals surface area contributed by atoms with Crippen LogP contribution in [-0.2, 0) is 11.3 Å². The summed E-state index contributed by atoms with van der Waals surface area (Å²) in [6.07, 6.45) is 2.63. The molecule has 4 rings (SSSR count). The van der Waals surface area contributed by atoms with Crippen LogP contribution in [0.3, 0.4) is 0 Å². The number of hydrogen-bond donors (Lipinski definition) is 2. The molecule has 2 heterocycles. The third kappa shape index (κ3) is 4.66. The van der Waals surface area contributed by atoms with Gasteiger partial charge in [0.25, 0.3) is 5.56 Å². The number of rotatable bonds is 9. The predicted molar refractivity (Wildman–Crippen MR) is 129 cm³/mol. The molecule has 0 saturated carbocycles. The normalized spacial score (nSPS) is 11.2. The van der Waals surface area contributed by atoms with Crippen LogP contribution < -0.4 is 15.8 Å². The van der Waals surface area contributed by atoms with E-state index in [1.165, 1.54) is 16.6 Å². The number of amides is 1. The van der Waals surface area contributed by atoms with E-state index >= 15 is 0 Å². The van der Waals surface area contributed by atoms with Crippen LogP contribution in [-0.4, -0.2) is 40.1 Å². The van der Waals surface area contributed by atoms with E-state index in [9.17, 15) is 9.59 Å². The first-order valence-corrected chi connectivity index (χ1v) is 11.1. The number of aryl methyl sites for hydroxylation is 2. The van der Waals surface area contributed by atoms with Crippen LogP contribution in [0, 0.1) is 6.92 Å². The minimum Gasteiger partial charge on any atom is -0.372 e. The van der Waals surface area contributed by atoms with E-state index < -0.39 is 0 Å². The van der Waals surface area contributed by atoms with E-state index in [0.717, 1.165) is 36.0 Å². The summed E-state index contributed by atoms with van der Waals surface area (Å²) in [4.78, 5) is 35.1. The molecule has 0 aliphatic rings. The van der Waals surface area contributed by atoms with Gasteiger partial charge in [-0.3, -0.25) is 14.2 Å². The zero-order chi connectivity index (χ0) is 22.5. The number of H-pyrrole nitrogens is 1. The Kier molecular flexibility index (Phi) is 6.54. The number of anilines is 1. The Morgan fingerprint density at radius 2 is 2.00 bits per heavy atom. The number of carbonyl (C=O) groups is 1. The molecular weight excluding hydrogens is 402 g/mol. The number of fused-ring (bicyclic) bond motifs is 3. The summed E-state index contributed by atoms with van der Waals surface area (Å²) in [5.74, 6) is -0.0629. The number of para-hydroxylation sites is 1. The molecule has 32 heavy (non-hydrogen) atoms. The van der Waals surface area contributed by atoms with Gasteiger partial charge in [0.05, 0.1) is 6.33 Å². The Labute approximate surface area is 187 Å². The first kappa shape index (κ1) is 21.6. The fourth-order valence-corrected chi connectivity index (χ4v) is 3.98. The zero-order valence-corrected chi connectivity index (χ0v) is 18.6. The van der Waals surface area contributed by atoms with Gasteiger partial charge in [-0.05, 0) is 44.5 Å². The highest BCUT2D eigenvalue weighted by atomic mass is 16.1. The SMILES string of the molecule is CCN(CCCNC(=O)CCn1cnc2c([nH]c3ccc(C)cc32)c1=O)c1ccccc1. The molecule has 1 amide bonds. The summed E-state index contributed by atoms with van der Waals surface area (Å²) < 4.78 is 1.50. The van der Waals surface area contributed by atoms with E-state index in [1.807, 2.05) is 43.3 Å². The highest BCUT2D eigenvalue weighted by molar-refractivity contribution is 6.04. The van der Waals surface area contributed by atoms with Gasteiger partial charge in [0.1, 0.15) is 11.0 Å². The second-order valence-corrected chi connectivity index (χ2v) is 8.01. The van der Waals surface area contributed by atoms with Crippen molar-refractivity contribution in [2.24, 2.45) is 0 Å². The molecule has 2 aromatic carbocycles. The average Bonchev–Trinajstić information content (AvgIpc) is 3.18. The number of nitrogens with one attached hydrogen (secondary N) is 2. The molecule has 7 heteroatoms. The fourth-order valence-electron chi connectivity index (χ4n) is 3.98. The number of hydrogen-bond acceptors (Lipinski definition) is 4. The van der Waals surface area contributed by atoms with Crippen LogP contribution in [0.5, 0.6) is 0 Å². The lowest BCUT2D eigenvalue weighted by Crippen LogP contribution is -2.31. The van der Waals surface area contributed by atoms with Crippen LogP contribution in [0.25, 0.3) is 21.9 Å². The van der Waals surface area contributed by atoms with Crippen molar-refractivity contribution in [3.63, 3.8) is 0 Å². The quantitative estimate of drug-likeness (QED) is 0.397. The molecular formula is C25H29N5O2. The van der Waals surface area contributed by atoms with Crippen molar-refractivity contribution in [2.45, 2.75) is 33.2 Å². The maximum Gasteiger partial charge on any atom is 0.277 e. The summed E-state index contributed by atoms with van der Waals surface area (Å²) in [5, 5.41) is 3.90. The highest BCUT2D eigenvalue weighted by Crippen LogP contribution is 2.22. The molecule has 2 aromatic heterocycles. The third-order valence-corrected chi connectivity index (χ3v) is 5.74. The molecule has 0 aliphatic heterocycles. The van der Waals surface area contributed by atoms with Gasteiger partial charge in [-0.1, -0.05) is 29.8 Å². The molecule has 0 radical (unpaired) electrons. The molecule has 0 atom stereocenters. The van der Waals surface area contributed by atoms with E-state index in [0.29, 0.717) is 24.1 Å². The summed E-state index contributed by atoms with van der Waals surface area (Å²) in [5.41, 5.74) is 4.20. The topological polar surface area (TPSA) is 83.0 Å². The van der Waals surface area contributed by atoms with Crippen LogP contribution >= 0.6 is 0 Å². The first-order chi connectivity index (χ1) is 15.6. The zero-order valence-electron chi connectivity index (χ0n) is 18.6. The number of benzene rings is 2. The van der Waals surface area contributed by atoms with Gasteiger partial charge in [0.2, 0.25) is 5.91 Å². The monoisotopic (exact) mass is 431 g/mol. The van der Waals surface area contributed by atoms with Gasteiger partial charge < -0.3 is 15.2 Å². The summed E-state index contributed by atoms with van der Waals surface area (Å²) >= 11 is 0. The van der Waals surface area contributed by atoms with Crippen molar-refractivity contribution in [3.8, 4) is 0 Å². The predicted octanol–water partition coefficient (Wildman–Crippen LogP) is 3.61. The second kappa shape index (κ2) is 9.68. The molecule has 4 aromatic rings. The van der Waals surface area contributed by atoms with Crippen LogP contribution in [0.2, 0.25) is 0 Å². The lowest BCUT2D eigenvalue weighted by atomic mass is 10.2. The van der Waals surface area contributed by atoms with Crippen molar-refractivity contribution in [1.29, 1.82) is 0 Å². The highest BCUT2D eigenvalue weighted by Gasteiger charge is 2.12. The van der Waals surface area contributed by atoms with E-state index in [2.05, 4.69) is 39.2 Å². The number of carbonyl (C=O) groups excluding carboxylic acids is 1. The smallest absolute Gasteiger partial charge is 0.277 e. The molecule has 0 aliphatic carbocycles. The Hall–Kier alpha value is -3.61. The third-order valence-electron chi connectivity index (χ3n) is 5.74.